The van der Waals surface area contributed by atoms with Crippen LogP contribution in [0.15, 0.2) is 47.4 Å². The van der Waals surface area contributed by atoms with Gasteiger partial charge in [0.05, 0.1) is 16.6 Å². The number of carbonyl (C=O) groups excluding carboxylic acids is 2. The number of carboxylic acids is 1. The summed E-state index contributed by atoms with van der Waals surface area (Å²) in [6.07, 6.45) is -0.342. The molecule has 0 aliphatic rings. The third-order valence-corrected chi connectivity index (χ3v) is 5.18. The van der Waals surface area contributed by atoms with Crippen LogP contribution < -0.4 is 10.6 Å². The first kappa shape index (κ1) is 22.9. The molecule has 0 bridgehead atoms. The number of carboxylic acid groups (broad SMARTS) is 1. The average Bonchev–Trinajstić information content (AvgIpc) is 2.69. The first-order chi connectivity index (χ1) is 14.2. The van der Waals surface area contributed by atoms with Crippen molar-refractivity contribution in [3.05, 3.63) is 58.1 Å². The van der Waals surface area contributed by atoms with E-state index in [-0.39, 0.29) is 30.3 Å². The Labute approximate surface area is 177 Å². The monoisotopic (exact) mass is 431 g/mol. The zero-order valence-electron chi connectivity index (χ0n) is 16.4. The Balaban J connectivity index is 1.91. The number of amides is 2. The Hall–Kier alpha value is -3.40. The summed E-state index contributed by atoms with van der Waals surface area (Å²) in [5, 5.41) is 24.4. The van der Waals surface area contributed by atoms with E-state index < -0.39 is 16.1 Å². The van der Waals surface area contributed by atoms with Crippen LogP contribution in [0, 0.1) is 17.0 Å². The standard InChI is InChI=1S/C20H21N3O6S/c1-12-11-15(23(28)29)5-8-17(12)22-20(27)13(2)30-16-6-3-14(4-7-16)21-18(24)9-10-19(25)26/h3-8,11,13H,9-10H2,1-2H3,(H,21,24)(H,22,27)(H,25,26). The number of non-ortho nitro benzene ring substituents is 1. The van der Waals surface area contributed by atoms with Crippen LogP contribution in [-0.4, -0.2) is 33.1 Å². The second-order valence-electron chi connectivity index (χ2n) is 6.47. The third kappa shape index (κ3) is 6.89. The molecule has 0 aromatic heterocycles. The average molecular weight is 431 g/mol. The number of nitrogens with zero attached hydrogens (tertiary/aromatic N) is 1. The van der Waals surface area contributed by atoms with E-state index in [4.69, 9.17) is 5.11 Å². The highest BCUT2D eigenvalue weighted by Gasteiger charge is 2.17. The minimum atomic E-state index is -1.03. The summed E-state index contributed by atoms with van der Waals surface area (Å²) in [5.41, 5.74) is 1.60. The van der Waals surface area contributed by atoms with Crippen molar-refractivity contribution in [1.82, 2.24) is 0 Å². The second-order valence-corrected chi connectivity index (χ2v) is 7.89. The molecular formula is C20H21N3O6S. The van der Waals surface area contributed by atoms with E-state index in [1.54, 1.807) is 38.1 Å². The normalized spacial score (nSPS) is 11.4. The lowest BCUT2D eigenvalue weighted by atomic mass is 10.2. The predicted octanol–water partition coefficient (Wildman–Crippen LogP) is 3.83. The highest BCUT2D eigenvalue weighted by Crippen LogP contribution is 2.27. The molecular weight excluding hydrogens is 410 g/mol. The highest BCUT2D eigenvalue weighted by molar-refractivity contribution is 8.00. The molecule has 2 aromatic carbocycles. The van der Waals surface area contributed by atoms with Gasteiger partial charge < -0.3 is 15.7 Å². The minimum Gasteiger partial charge on any atom is -0.481 e. The van der Waals surface area contributed by atoms with E-state index in [1.807, 2.05) is 0 Å². The zero-order chi connectivity index (χ0) is 22.3. The molecule has 0 radical (unpaired) electrons. The first-order valence-electron chi connectivity index (χ1n) is 9.00. The molecule has 30 heavy (non-hydrogen) atoms. The summed E-state index contributed by atoms with van der Waals surface area (Å²) in [4.78, 5) is 45.7. The molecule has 2 rings (SSSR count). The van der Waals surface area contributed by atoms with Crippen LogP contribution in [0.4, 0.5) is 17.1 Å². The van der Waals surface area contributed by atoms with Gasteiger partial charge in [-0.25, -0.2) is 0 Å². The number of nitro benzene ring substituents is 1. The molecule has 2 aromatic rings. The second kappa shape index (κ2) is 10.4. The largest absolute Gasteiger partial charge is 0.481 e. The SMILES string of the molecule is Cc1cc([N+](=O)[O-])ccc1NC(=O)C(C)Sc1ccc(NC(=O)CCC(=O)O)cc1. The maximum atomic E-state index is 12.5. The summed E-state index contributed by atoms with van der Waals surface area (Å²) in [5.74, 6) is -1.67. The van der Waals surface area contributed by atoms with E-state index in [1.165, 1.54) is 30.0 Å². The van der Waals surface area contributed by atoms with Crippen LogP contribution in [-0.2, 0) is 14.4 Å². The van der Waals surface area contributed by atoms with Crippen molar-refractivity contribution in [3.8, 4) is 0 Å². The van der Waals surface area contributed by atoms with Gasteiger partial charge in [0.1, 0.15) is 0 Å². The van der Waals surface area contributed by atoms with Crippen LogP contribution in [0.25, 0.3) is 0 Å². The lowest BCUT2D eigenvalue weighted by molar-refractivity contribution is -0.384. The van der Waals surface area contributed by atoms with Gasteiger partial charge in [0.25, 0.3) is 5.69 Å². The number of hydrogen-bond donors (Lipinski definition) is 3. The number of hydrogen-bond acceptors (Lipinski definition) is 6. The molecule has 158 valence electrons. The number of benzene rings is 2. The zero-order valence-corrected chi connectivity index (χ0v) is 17.2. The Bertz CT molecular complexity index is 962. The van der Waals surface area contributed by atoms with Crippen LogP contribution >= 0.6 is 11.8 Å². The summed E-state index contributed by atoms with van der Waals surface area (Å²) in [6.45, 7) is 3.42. The summed E-state index contributed by atoms with van der Waals surface area (Å²) < 4.78 is 0. The van der Waals surface area contributed by atoms with Crippen LogP contribution in [0.2, 0.25) is 0 Å². The van der Waals surface area contributed by atoms with Crippen LogP contribution in [0.5, 0.6) is 0 Å². The number of nitro groups is 1. The fourth-order valence-corrected chi connectivity index (χ4v) is 3.32. The van der Waals surface area contributed by atoms with Crippen molar-refractivity contribution < 1.29 is 24.4 Å². The number of rotatable bonds is 9. The van der Waals surface area contributed by atoms with Gasteiger partial charge in [-0.2, -0.15) is 0 Å². The van der Waals surface area contributed by atoms with Gasteiger partial charge in [-0.3, -0.25) is 24.5 Å². The number of nitrogens with one attached hydrogen (secondary N) is 2. The van der Waals surface area contributed by atoms with Gasteiger partial charge in [0.15, 0.2) is 0 Å². The van der Waals surface area contributed by atoms with Gasteiger partial charge in [-0.15, -0.1) is 11.8 Å². The number of carbonyl (C=O) groups is 3. The Morgan fingerprint density at radius 3 is 2.33 bits per heavy atom. The van der Waals surface area contributed by atoms with Crippen LogP contribution in [0.1, 0.15) is 25.3 Å². The molecule has 0 heterocycles. The fourth-order valence-electron chi connectivity index (χ4n) is 2.45. The molecule has 1 unspecified atom stereocenters. The van der Waals surface area contributed by atoms with Gasteiger partial charge in [0, 0.05) is 34.8 Å². The molecule has 0 saturated heterocycles. The van der Waals surface area contributed by atoms with Gasteiger partial charge in [-0.1, -0.05) is 0 Å². The highest BCUT2D eigenvalue weighted by atomic mass is 32.2. The first-order valence-corrected chi connectivity index (χ1v) is 9.88. The summed E-state index contributed by atoms with van der Waals surface area (Å²) >= 11 is 1.32. The van der Waals surface area contributed by atoms with Crippen molar-refractivity contribution >= 4 is 46.6 Å². The minimum absolute atomic E-state index is 0.0388. The van der Waals surface area contributed by atoms with E-state index in [0.717, 1.165) is 4.90 Å². The van der Waals surface area contributed by atoms with Crippen molar-refractivity contribution in [3.63, 3.8) is 0 Å². The molecule has 0 aliphatic heterocycles. The quantitative estimate of drug-likeness (QED) is 0.311. The van der Waals surface area contributed by atoms with Crippen molar-refractivity contribution in [2.45, 2.75) is 36.8 Å². The number of aliphatic carboxylic acids is 1. The van der Waals surface area contributed by atoms with E-state index in [0.29, 0.717) is 16.9 Å². The number of thioether (sulfide) groups is 1. The molecule has 0 fully saturated rings. The molecule has 0 aliphatic carbocycles. The topological polar surface area (TPSA) is 139 Å². The van der Waals surface area contributed by atoms with Crippen LogP contribution in [0.3, 0.4) is 0 Å². The predicted molar refractivity (Wildman–Crippen MR) is 114 cm³/mol. The Kier molecular flexibility index (Phi) is 7.93. The number of anilines is 2. The van der Waals surface area contributed by atoms with Crippen molar-refractivity contribution in [1.29, 1.82) is 0 Å². The summed E-state index contributed by atoms with van der Waals surface area (Å²) in [7, 11) is 0. The lowest BCUT2D eigenvalue weighted by Gasteiger charge is -2.14. The third-order valence-electron chi connectivity index (χ3n) is 4.06. The molecule has 10 heteroatoms. The molecule has 1 atom stereocenters. The molecule has 9 nitrogen and oxygen atoms in total. The molecule has 0 saturated carbocycles. The fraction of sp³-hybridized carbons (Fsp3) is 0.250. The van der Waals surface area contributed by atoms with E-state index in [2.05, 4.69) is 10.6 Å². The summed E-state index contributed by atoms with van der Waals surface area (Å²) in [6, 6.07) is 11.1. The van der Waals surface area contributed by atoms with Gasteiger partial charge in [0.2, 0.25) is 11.8 Å². The maximum Gasteiger partial charge on any atom is 0.303 e. The van der Waals surface area contributed by atoms with Crippen molar-refractivity contribution in [2.24, 2.45) is 0 Å². The molecule has 0 spiro atoms. The lowest BCUT2D eigenvalue weighted by Crippen LogP contribution is -2.22. The molecule has 2 amide bonds. The molecule has 3 N–H and O–H groups in total. The van der Waals surface area contributed by atoms with Gasteiger partial charge >= 0.3 is 5.97 Å². The smallest absolute Gasteiger partial charge is 0.303 e. The maximum absolute atomic E-state index is 12.5. The van der Waals surface area contributed by atoms with Gasteiger partial charge in [-0.05, 0) is 49.7 Å². The van der Waals surface area contributed by atoms with Crippen molar-refractivity contribution in [2.75, 3.05) is 10.6 Å². The van der Waals surface area contributed by atoms with E-state index in [9.17, 15) is 24.5 Å². The Morgan fingerprint density at radius 1 is 1.10 bits per heavy atom. The number of aryl methyl sites for hydroxylation is 1. The Morgan fingerprint density at radius 2 is 1.77 bits per heavy atom. The van der Waals surface area contributed by atoms with E-state index >= 15 is 0 Å².